The lowest BCUT2D eigenvalue weighted by Gasteiger charge is -2.10. The predicted octanol–water partition coefficient (Wildman–Crippen LogP) is 3.32. The molecule has 0 saturated heterocycles. The summed E-state index contributed by atoms with van der Waals surface area (Å²) in [6.45, 7) is 1.54. The number of alkyl halides is 3. The van der Waals surface area contributed by atoms with Crippen molar-refractivity contribution in [2.45, 2.75) is 13.1 Å². The first-order chi connectivity index (χ1) is 7.84. The third-order valence-corrected chi connectivity index (χ3v) is 2.80. The van der Waals surface area contributed by atoms with Crippen LogP contribution < -0.4 is 4.74 Å². The summed E-state index contributed by atoms with van der Waals surface area (Å²) in [5.41, 5.74) is -0.400. The van der Waals surface area contributed by atoms with Gasteiger partial charge in [0.1, 0.15) is 11.4 Å². The van der Waals surface area contributed by atoms with Crippen molar-refractivity contribution >= 4 is 17.1 Å². The number of nitrogens with zero attached hydrogens (tertiary/aromatic N) is 2. The minimum absolute atomic E-state index is 0.0895. The highest BCUT2D eigenvalue weighted by molar-refractivity contribution is 6.34. The van der Waals surface area contributed by atoms with E-state index in [1.54, 1.807) is 6.92 Å². The van der Waals surface area contributed by atoms with E-state index in [0.29, 0.717) is 5.69 Å². The number of aryl methyl sites for hydroxylation is 1. The summed E-state index contributed by atoms with van der Waals surface area (Å²) in [6, 6.07) is 2.30. The smallest absolute Gasteiger partial charge is 0.433 e. The van der Waals surface area contributed by atoms with Gasteiger partial charge < -0.3 is 4.74 Å². The molecule has 7 heteroatoms. The zero-order valence-corrected chi connectivity index (χ0v) is 9.73. The molecule has 0 aliphatic rings. The predicted molar refractivity (Wildman–Crippen MR) is 56.5 cm³/mol. The maximum Gasteiger partial charge on any atom is 0.433 e. The van der Waals surface area contributed by atoms with Crippen molar-refractivity contribution in [1.29, 1.82) is 0 Å². The van der Waals surface area contributed by atoms with Crippen molar-refractivity contribution < 1.29 is 17.9 Å². The molecule has 2 aromatic heterocycles. The molecule has 0 atom stereocenters. The Hall–Kier alpha value is -1.43. The van der Waals surface area contributed by atoms with E-state index < -0.39 is 11.9 Å². The van der Waals surface area contributed by atoms with Crippen LogP contribution >= 0.6 is 11.6 Å². The number of hydrogen-bond donors (Lipinski definition) is 0. The highest BCUT2D eigenvalue weighted by Crippen LogP contribution is 2.35. The number of methoxy groups -OCH3 is 1. The molecule has 0 radical (unpaired) electrons. The highest BCUT2D eigenvalue weighted by atomic mass is 35.5. The second-order valence-electron chi connectivity index (χ2n) is 3.47. The van der Waals surface area contributed by atoms with Crippen LogP contribution in [0.3, 0.4) is 0 Å². The molecule has 2 heterocycles. The Labute approximate surface area is 99.7 Å². The van der Waals surface area contributed by atoms with Gasteiger partial charge in [0.2, 0.25) is 0 Å². The summed E-state index contributed by atoms with van der Waals surface area (Å²) < 4.78 is 44.0. The average molecular weight is 265 g/mol. The van der Waals surface area contributed by atoms with Crippen LogP contribution in [0.15, 0.2) is 12.1 Å². The van der Waals surface area contributed by atoms with Gasteiger partial charge in [0.05, 0.1) is 23.3 Å². The molecule has 2 rings (SSSR count). The normalized spacial score (nSPS) is 12.1. The van der Waals surface area contributed by atoms with Crippen molar-refractivity contribution in [3.8, 4) is 5.75 Å². The van der Waals surface area contributed by atoms with Crippen molar-refractivity contribution in [2.24, 2.45) is 0 Å². The van der Waals surface area contributed by atoms with E-state index in [4.69, 9.17) is 16.3 Å². The van der Waals surface area contributed by atoms with Gasteiger partial charge in [-0.1, -0.05) is 11.6 Å². The van der Waals surface area contributed by atoms with Gasteiger partial charge in [0.15, 0.2) is 0 Å². The SMILES string of the molecule is COc1cc(C(F)(F)F)n2nc(C)c(Cl)c2c1. The summed E-state index contributed by atoms with van der Waals surface area (Å²) in [5.74, 6) is 0.0895. The van der Waals surface area contributed by atoms with E-state index in [1.165, 1.54) is 13.2 Å². The fourth-order valence-electron chi connectivity index (χ4n) is 1.53. The molecule has 0 unspecified atom stereocenters. The Morgan fingerprint density at radius 2 is 2.00 bits per heavy atom. The second-order valence-corrected chi connectivity index (χ2v) is 3.85. The summed E-state index contributed by atoms with van der Waals surface area (Å²) in [4.78, 5) is 0. The molecule has 92 valence electrons. The average Bonchev–Trinajstić information content (AvgIpc) is 2.53. The Kier molecular flexibility index (Phi) is 2.69. The Balaban J connectivity index is 2.86. The van der Waals surface area contributed by atoms with Gasteiger partial charge in [-0.25, -0.2) is 4.52 Å². The molecule has 3 nitrogen and oxygen atoms in total. The van der Waals surface area contributed by atoms with E-state index >= 15 is 0 Å². The molecule has 2 aromatic rings. The van der Waals surface area contributed by atoms with Crippen LogP contribution in [0.4, 0.5) is 13.2 Å². The molecule has 0 aliphatic heterocycles. The van der Waals surface area contributed by atoms with Gasteiger partial charge in [-0.3, -0.25) is 0 Å². The summed E-state index contributed by atoms with van der Waals surface area (Å²) >= 11 is 5.89. The van der Waals surface area contributed by atoms with Crippen LogP contribution in [0.1, 0.15) is 11.4 Å². The zero-order chi connectivity index (χ0) is 12.8. The van der Waals surface area contributed by atoms with Gasteiger partial charge in [-0.05, 0) is 6.92 Å². The fraction of sp³-hybridized carbons (Fsp3) is 0.300. The first kappa shape index (κ1) is 12.0. The molecule has 0 spiro atoms. The van der Waals surface area contributed by atoms with Gasteiger partial charge in [0.25, 0.3) is 0 Å². The van der Waals surface area contributed by atoms with Gasteiger partial charge in [0, 0.05) is 12.1 Å². The number of ether oxygens (including phenoxy) is 1. The standard InChI is InChI=1S/C10H8ClF3N2O/c1-5-9(11)7-3-6(17-2)4-8(10(12,13)14)16(7)15-5/h3-4H,1-2H3. The minimum Gasteiger partial charge on any atom is -0.497 e. The van der Waals surface area contributed by atoms with Crippen molar-refractivity contribution in [1.82, 2.24) is 9.61 Å². The van der Waals surface area contributed by atoms with Crippen LogP contribution in [0.25, 0.3) is 5.52 Å². The van der Waals surface area contributed by atoms with Gasteiger partial charge in [-0.15, -0.1) is 0 Å². The van der Waals surface area contributed by atoms with Crippen molar-refractivity contribution in [3.05, 3.63) is 28.5 Å². The highest BCUT2D eigenvalue weighted by Gasteiger charge is 2.35. The Morgan fingerprint density at radius 1 is 1.35 bits per heavy atom. The number of halogens is 4. The molecular weight excluding hydrogens is 257 g/mol. The summed E-state index contributed by atoms with van der Waals surface area (Å²) in [5, 5.41) is 3.95. The van der Waals surface area contributed by atoms with Gasteiger partial charge >= 0.3 is 6.18 Å². The molecule has 0 saturated carbocycles. The number of rotatable bonds is 1. The molecule has 0 bridgehead atoms. The van der Waals surface area contributed by atoms with Crippen LogP contribution in [0.5, 0.6) is 5.75 Å². The lowest BCUT2D eigenvalue weighted by molar-refractivity contribution is -0.142. The van der Waals surface area contributed by atoms with Crippen LogP contribution in [0.2, 0.25) is 5.02 Å². The molecule has 17 heavy (non-hydrogen) atoms. The topological polar surface area (TPSA) is 26.5 Å². The fourth-order valence-corrected chi connectivity index (χ4v) is 1.70. The van der Waals surface area contributed by atoms with Crippen LogP contribution in [0, 0.1) is 6.92 Å². The van der Waals surface area contributed by atoms with E-state index in [2.05, 4.69) is 5.10 Å². The molecule has 0 aliphatic carbocycles. The number of fused-ring (bicyclic) bond motifs is 1. The molecule has 0 N–H and O–H groups in total. The molecule has 0 aromatic carbocycles. The molecule has 0 fully saturated rings. The van der Waals surface area contributed by atoms with Crippen molar-refractivity contribution in [3.63, 3.8) is 0 Å². The first-order valence-electron chi connectivity index (χ1n) is 4.64. The first-order valence-corrected chi connectivity index (χ1v) is 5.02. The second kappa shape index (κ2) is 3.80. The molecule has 0 amide bonds. The van der Waals surface area contributed by atoms with E-state index in [0.717, 1.165) is 10.6 Å². The number of pyridine rings is 1. The molecular formula is C10H8ClF3N2O. The maximum atomic E-state index is 12.8. The quantitative estimate of drug-likeness (QED) is 0.790. The third-order valence-electron chi connectivity index (χ3n) is 2.33. The van der Waals surface area contributed by atoms with Gasteiger partial charge in [-0.2, -0.15) is 18.3 Å². The number of hydrogen-bond acceptors (Lipinski definition) is 2. The minimum atomic E-state index is -4.52. The Bertz CT molecular complexity index is 577. The summed E-state index contributed by atoms with van der Waals surface area (Å²) in [6.07, 6.45) is -4.52. The largest absolute Gasteiger partial charge is 0.497 e. The number of aromatic nitrogens is 2. The summed E-state index contributed by atoms with van der Waals surface area (Å²) in [7, 11) is 1.29. The van der Waals surface area contributed by atoms with Crippen LogP contribution in [-0.2, 0) is 6.18 Å². The van der Waals surface area contributed by atoms with E-state index in [9.17, 15) is 13.2 Å². The Morgan fingerprint density at radius 3 is 2.53 bits per heavy atom. The van der Waals surface area contributed by atoms with E-state index in [1.807, 2.05) is 0 Å². The lowest BCUT2D eigenvalue weighted by atomic mass is 10.3. The zero-order valence-electron chi connectivity index (χ0n) is 8.97. The third kappa shape index (κ3) is 1.93. The lowest BCUT2D eigenvalue weighted by Crippen LogP contribution is -2.12. The van der Waals surface area contributed by atoms with Crippen LogP contribution in [-0.4, -0.2) is 16.7 Å². The van der Waals surface area contributed by atoms with E-state index in [-0.39, 0.29) is 16.3 Å². The monoisotopic (exact) mass is 264 g/mol. The van der Waals surface area contributed by atoms with Crippen molar-refractivity contribution in [2.75, 3.05) is 7.11 Å². The maximum absolute atomic E-state index is 12.8.